The zero-order valence-electron chi connectivity index (χ0n) is 10.4. The molecule has 1 aromatic rings. The molecule has 0 aliphatic rings. The quantitative estimate of drug-likeness (QED) is 0.626. The maximum atomic E-state index is 5.82. The molecule has 5 heteroatoms. The van der Waals surface area contributed by atoms with Crippen molar-refractivity contribution in [3.05, 3.63) is 23.6 Å². The third kappa shape index (κ3) is 3.60. The Kier molecular flexibility index (Phi) is 5.22. The van der Waals surface area contributed by atoms with Crippen LogP contribution in [0.2, 0.25) is 5.28 Å². The first kappa shape index (κ1) is 13.8. The lowest BCUT2D eigenvalue weighted by Crippen LogP contribution is -2.20. The van der Waals surface area contributed by atoms with Crippen LogP contribution in [0.4, 0.5) is 11.6 Å². The number of rotatable bonds is 6. The summed E-state index contributed by atoms with van der Waals surface area (Å²) in [5.41, 5.74) is 6.61. The van der Waals surface area contributed by atoms with Gasteiger partial charge in [-0.25, -0.2) is 4.98 Å². The van der Waals surface area contributed by atoms with Gasteiger partial charge >= 0.3 is 0 Å². The van der Waals surface area contributed by atoms with Crippen LogP contribution in [-0.2, 0) is 0 Å². The van der Waals surface area contributed by atoms with Crippen LogP contribution in [0.15, 0.2) is 12.8 Å². The summed E-state index contributed by atoms with van der Waals surface area (Å²) in [7, 11) is 0. The SMILES string of the molecule is C=CN(CCCCC)c1nc(Cl)nc(N)c1C. The first-order valence-electron chi connectivity index (χ1n) is 5.79. The van der Waals surface area contributed by atoms with Crippen LogP contribution in [0.25, 0.3) is 0 Å². The molecular formula is C12H19ClN4. The van der Waals surface area contributed by atoms with E-state index in [1.165, 1.54) is 12.8 Å². The van der Waals surface area contributed by atoms with E-state index in [2.05, 4.69) is 23.5 Å². The van der Waals surface area contributed by atoms with Gasteiger partial charge in [0.2, 0.25) is 5.28 Å². The summed E-state index contributed by atoms with van der Waals surface area (Å²) >= 11 is 5.82. The lowest BCUT2D eigenvalue weighted by atomic mass is 10.2. The van der Waals surface area contributed by atoms with Crippen LogP contribution >= 0.6 is 11.6 Å². The first-order valence-corrected chi connectivity index (χ1v) is 6.16. The lowest BCUT2D eigenvalue weighted by molar-refractivity contribution is 0.710. The molecule has 94 valence electrons. The van der Waals surface area contributed by atoms with Crippen LogP contribution in [0.1, 0.15) is 31.7 Å². The molecule has 0 saturated heterocycles. The molecule has 0 aliphatic carbocycles. The van der Waals surface area contributed by atoms with E-state index in [1.54, 1.807) is 6.20 Å². The number of anilines is 2. The van der Waals surface area contributed by atoms with Crippen molar-refractivity contribution >= 4 is 23.2 Å². The first-order chi connectivity index (χ1) is 8.10. The number of aromatic nitrogens is 2. The second kappa shape index (κ2) is 6.45. The zero-order chi connectivity index (χ0) is 12.8. The fraction of sp³-hybridized carbons (Fsp3) is 0.500. The van der Waals surface area contributed by atoms with Crippen molar-refractivity contribution in [1.29, 1.82) is 0 Å². The Bertz CT molecular complexity index is 392. The van der Waals surface area contributed by atoms with E-state index in [0.717, 1.165) is 24.3 Å². The van der Waals surface area contributed by atoms with Crippen molar-refractivity contribution in [1.82, 2.24) is 9.97 Å². The third-order valence-electron chi connectivity index (χ3n) is 2.63. The molecule has 0 bridgehead atoms. The monoisotopic (exact) mass is 254 g/mol. The molecule has 0 fully saturated rings. The third-order valence-corrected chi connectivity index (χ3v) is 2.79. The predicted octanol–water partition coefficient (Wildman–Crippen LogP) is 3.16. The van der Waals surface area contributed by atoms with E-state index in [4.69, 9.17) is 17.3 Å². The minimum Gasteiger partial charge on any atom is -0.383 e. The molecule has 1 aromatic heterocycles. The Hall–Kier alpha value is -1.29. The number of halogens is 1. The van der Waals surface area contributed by atoms with E-state index < -0.39 is 0 Å². The molecule has 0 unspecified atom stereocenters. The molecule has 0 spiro atoms. The number of nitrogens with zero attached hydrogens (tertiary/aromatic N) is 3. The number of nitrogens with two attached hydrogens (primary N) is 1. The number of unbranched alkanes of at least 4 members (excludes halogenated alkanes) is 2. The molecule has 4 nitrogen and oxygen atoms in total. The maximum absolute atomic E-state index is 5.82. The van der Waals surface area contributed by atoms with Crippen molar-refractivity contribution in [2.24, 2.45) is 0 Å². The van der Waals surface area contributed by atoms with E-state index in [-0.39, 0.29) is 5.28 Å². The molecule has 1 rings (SSSR count). The topological polar surface area (TPSA) is 55.0 Å². The molecule has 0 saturated carbocycles. The Balaban J connectivity index is 2.91. The minimum atomic E-state index is 0.172. The smallest absolute Gasteiger partial charge is 0.226 e. The molecule has 1 heterocycles. The average Bonchev–Trinajstić information content (AvgIpc) is 2.30. The van der Waals surface area contributed by atoms with Crippen molar-refractivity contribution in [2.45, 2.75) is 33.1 Å². The van der Waals surface area contributed by atoms with Crippen molar-refractivity contribution in [3.63, 3.8) is 0 Å². The second-order valence-electron chi connectivity index (χ2n) is 3.91. The summed E-state index contributed by atoms with van der Waals surface area (Å²) in [6.07, 6.45) is 5.19. The molecule has 2 N–H and O–H groups in total. The maximum Gasteiger partial charge on any atom is 0.226 e. The van der Waals surface area contributed by atoms with Gasteiger partial charge in [-0.1, -0.05) is 26.3 Å². The highest BCUT2D eigenvalue weighted by atomic mass is 35.5. The molecule has 0 amide bonds. The van der Waals surface area contributed by atoms with Gasteiger partial charge in [0.25, 0.3) is 0 Å². The van der Waals surface area contributed by atoms with Gasteiger partial charge in [-0.3, -0.25) is 0 Å². The summed E-state index contributed by atoms with van der Waals surface area (Å²) in [6.45, 7) is 8.72. The van der Waals surface area contributed by atoms with Gasteiger partial charge in [0, 0.05) is 12.1 Å². The largest absolute Gasteiger partial charge is 0.383 e. The van der Waals surface area contributed by atoms with Crippen LogP contribution < -0.4 is 10.6 Å². The molecule has 0 aromatic carbocycles. The highest BCUT2D eigenvalue weighted by molar-refractivity contribution is 6.28. The Morgan fingerprint density at radius 1 is 1.41 bits per heavy atom. The van der Waals surface area contributed by atoms with Gasteiger partial charge in [0.1, 0.15) is 11.6 Å². The Morgan fingerprint density at radius 2 is 2.12 bits per heavy atom. The fourth-order valence-corrected chi connectivity index (χ4v) is 1.76. The van der Waals surface area contributed by atoms with Crippen molar-refractivity contribution in [2.75, 3.05) is 17.2 Å². The van der Waals surface area contributed by atoms with Crippen molar-refractivity contribution < 1.29 is 0 Å². The van der Waals surface area contributed by atoms with Gasteiger partial charge in [0.05, 0.1) is 0 Å². The minimum absolute atomic E-state index is 0.172. The summed E-state index contributed by atoms with van der Waals surface area (Å²) in [5, 5.41) is 0.172. The second-order valence-corrected chi connectivity index (χ2v) is 4.25. The standard InChI is InChI=1S/C12H19ClN4/c1-4-6-7-8-17(5-2)11-9(3)10(14)15-12(13)16-11/h5H,2,4,6-8H2,1,3H3,(H2,14,15,16). The number of hydrogen-bond acceptors (Lipinski definition) is 4. The molecule has 17 heavy (non-hydrogen) atoms. The van der Waals surface area contributed by atoms with Gasteiger partial charge in [-0.2, -0.15) is 4.98 Å². The van der Waals surface area contributed by atoms with Gasteiger partial charge in [-0.15, -0.1) is 0 Å². The summed E-state index contributed by atoms with van der Waals surface area (Å²) in [6, 6.07) is 0. The predicted molar refractivity (Wildman–Crippen MR) is 73.3 cm³/mol. The highest BCUT2D eigenvalue weighted by Gasteiger charge is 2.12. The Labute approximate surface area is 108 Å². The van der Waals surface area contributed by atoms with Crippen LogP contribution in [0, 0.1) is 6.92 Å². The fourth-order valence-electron chi connectivity index (χ4n) is 1.59. The van der Waals surface area contributed by atoms with Crippen LogP contribution in [0.3, 0.4) is 0 Å². The molecule has 0 radical (unpaired) electrons. The lowest BCUT2D eigenvalue weighted by Gasteiger charge is -2.21. The summed E-state index contributed by atoms with van der Waals surface area (Å²) in [4.78, 5) is 10.1. The summed E-state index contributed by atoms with van der Waals surface area (Å²) in [5.74, 6) is 1.16. The van der Waals surface area contributed by atoms with Crippen LogP contribution in [-0.4, -0.2) is 16.5 Å². The van der Waals surface area contributed by atoms with E-state index in [1.807, 2.05) is 11.8 Å². The van der Waals surface area contributed by atoms with Gasteiger partial charge in [-0.05, 0) is 31.1 Å². The molecule has 0 atom stereocenters. The number of hydrogen-bond donors (Lipinski definition) is 1. The van der Waals surface area contributed by atoms with Gasteiger partial charge in [0.15, 0.2) is 0 Å². The number of nitrogen functional groups attached to an aromatic ring is 1. The normalized spacial score (nSPS) is 10.3. The van der Waals surface area contributed by atoms with Crippen LogP contribution in [0.5, 0.6) is 0 Å². The van der Waals surface area contributed by atoms with E-state index >= 15 is 0 Å². The summed E-state index contributed by atoms with van der Waals surface area (Å²) < 4.78 is 0. The van der Waals surface area contributed by atoms with Crippen molar-refractivity contribution in [3.8, 4) is 0 Å². The molecule has 0 aliphatic heterocycles. The zero-order valence-corrected chi connectivity index (χ0v) is 11.2. The molecular weight excluding hydrogens is 236 g/mol. The van der Waals surface area contributed by atoms with E-state index in [9.17, 15) is 0 Å². The Morgan fingerprint density at radius 3 is 2.71 bits per heavy atom. The van der Waals surface area contributed by atoms with Gasteiger partial charge < -0.3 is 10.6 Å². The highest BCUT2D eigenvalue weighted by Crippen LogP contribution is 2.23. The van der Waals surface area contributed by atoms with E-state index in [0.29, 0.717) is 5.82 Å². The average molecular weight is 255 g/mol.